The van der Waals surface area contributed by atoms with E-state index in [-0.39, 0.29) is 5.91 Å². The average Bonchev–Trinajstić information content (AvgIpc) is 3.03. The fraction of sp³-hybridized carbons (Fsp3) is 0.444. The van der Waals surface area contributed by atoms with Crippen LogP contribution >= 0.6 is 23.1 Å². The Morgan fingerprint density at radius 2 is 2.07 bits per heavy atom. The molecule has 27 heavy (non-hydrogen) atoms. The summed E-state index contributed by atoms with van der Waals surface area (Å²) < 4.78 is 26.2. The summed E-state index contributed by atoms with van der Waals surface area (Å²) in [6.07, 6.45) is 0.981. The third-order valence-electron chi connectivity index (χ3n) is 4.24. The predicted octanol–water partition coefficient (Wildman–Crippen LogP) is 3.36. The monoisotopic (exact) mass is 425 g/mol. The van der Waals surface area contributed by atoms with Crippen molar-refractivity contribution in [3.8, 4) is 0 Å². The molecule has 0 saturated heterocycles. The van der Waals surface area contributed by atoms with E-state index in [1.807, 2.05) is 30.3 Å². The van der Waals surface area contributed by atoms with Crippen LogP contribution in [0.3, 0.4) is 0 Å². The van der Waals surface area contributed by atoms with Crippen molar-refractivity contribution in [2.45, 2.75) is 43.4 Å². The van der Waals surface area contributed by atoms with Crippen LogP contribution in [-0.4, -0.2) is 41.2 Å². The summed E-state index contributed by atoms with van der Waals surface area (Å²) in [6.45, 7) is 4.17. The fourth-order valence-electron chi connectivity index (χ4n) is 2.70. The highest BCUT2D eigenvalue weighted by molar-refractivity contribution is 7.99. The van der Waals surface area contributed by atoms with Gasteiger partial charge in [-0.1, -0.05) is 18.2 Å². The highest BCUT2D eigenvalue weighted by Gasteiger charge is 2.31. The van der Waals surface area contributed by atoms with Crippen LogP contribution in [0.15, 0.2) is 35.2 Å². The molecule has 1 aliphatic rings. The van der Waals surface area contributed by atoms with E-state index in [2.05, 4.69) is 10.3 Å². The molecular formula is C18H23N3O3S3. The first-order valence-electron chi connectivity index (χ1n) is 8.81. The quantitative estimate of drug-likeness (QED) is 0.688. The number of hydrogen-bond donors (Lipinski definition) is 1. The Morgan fingerprint density at radius 1 is 1.33 bits per heavy atom. The van der Waals surface area contributed by atoms with Gasteiger partial charge in [-0.05, 0) is 26.0 Å². The Balaban J connectivity index is 1.54. The standard InChI is InChI=1S/C18H23N3O3S3/c1-13(2)27(23,24)21-10-8-15-16(12-21)26-18(19-15)20-17(22)9-11-25-14-6-4-3-5-7-14/h3-7,13H,8-12H2,1-2H3,(H,19,20,22). The number of rotatable bonds is 7. The van der Waals surface area contributed by atoms with Gasteiger partial charge in [-0.2, -0.15) is 4.31 Å². The molecule has 0 radical (unpaired) electrons. The van der Waals surface area contributed by atoms with Crippen LogP contribution in [0.25, 0.3) is 0 Å². The van der Waals surface area contributed by atoms with Crippen molar-refractivity contribution in [3.05, 3.63) is 40.9 Å². The Bertz CT molecular complexity index is 895. The lowest BCUT2D eigenvalue weighted by atomic mass is 10.2. The number of amides is 1. The minimum absolute atomic E-state index is 0.0730. The van der Waals surface area contributed by atoms with Crippen molar-refractivity contribution in [1.82, 2.24) is 9.29 Å². The average molecular weight is 426 g/mol. The van der Waals surface area contributed by atoms with Gasteiger partial charge < -0.3 is 5.32 Å². The van der Waals surface area contributed by atoms with Gasteiger partial charge in [-0.3, -0.25) is 4.79 Å². The molecule has 2 heterocycles. The third kappa shape index (κ3) is 5.10. The van der Waals surface area contributed by atoms with Gasteiger partial charge in [0.15, 0.2) is 5.13 Å². The maximum absolute atomic E-state index is 12.4. The number of hydrogen-bond acceptors (Lipinski definition) is 6. The Hall–Kier alpha value is -1.42. The Kier molecular flexibility index (Phi) is 6.56. The molecule has 0 saturated carbocycles. The Morgan fingerprint density at radius 3 is 2.78 bits per heavy atom. The van der Waals surface area contributed by atoms with Crippen LogP contribution in [0.1, 0.15) is 30.8 Å². The molecule has 0 unspecified atom stereocenters. The van der Waals surface area contributed by atoms with Crippen LogP contribution in [-0.2, 0) is 27.8 Å². The number of aromatic nitrogens is 1. The minimum Gasteiger partial charge on any atom is -0.302 e. The van der Waals surface area contributed by atoms with E-state index in [1.54, 1.807) is 25.6 Å². The van der Waals surface area contributed by atoms with E-state index in [1.165, 1.54) is 15.6 Å². The lowest BCUT2D eigenvalue weighted by Crippen LogP contribution is -2.39. The molecule has 0 atom stereocenters. The number of benzene rings is 1. The van der Waals surface area contributed by atoms with Gasteiger partial charge in [-0.25, -0.2) is 13.4 Å². The summed E-state index contributed by atoms with van der Waals surface area (Å²) in [6, 6.07) is 9.97. The van der Waals surface area contributed by atoms with Crippen LogP contribution in [0.2, 0.25) is 0 Å². The molecule has 1 N–H and O–H groups in total. The zero-order valence-corrected chi connectivity index (χ0v) is 17.8. The van der Waals surface area contributed by atoms with E-state index in [0.717, 1.165) is 15.5 Å². The van der Waals surface area contributed by atoms with E-state index in [4.69, 9.17) is 0 Å². The van der Waals surface area contributed by atoms with Gasteiger partial charge in [-0.15, -0.1) is 23.1 Å². The van der Waals surface area contributed by atoms with Crippen molar-refractivity contribution in [3.63, 3.8) is 0 Å². The van der Waals surface area contributed by atoms with Crippen LogP contribution in [0, 0.1) is 0 Å². The summed E-state index contributed by atoms with van der Waals surface area (Å²) >= 11 is 3.01. The molecule has 1 aromatic carbocycles. The molecule has 1 aromatic heterocycles. The molecular weight excluding hydrogens is 402 g/mol. The highest BCUT2D eigenvalue weighted by atomic mass is 32.2. The highest BCUT2D eigenvalue weighted by Crippen LogP contribution is 2.30. The summed E-state index contributed by atoms with van der Waals surface area (Å²) in [5.41, 5.74) is 0.893. The lowest BCUT2D eigenvalue weighted by molar-refractivity contribution is -0.115. The van der Waals surface area contributed by atoms with Crippen LogP contribution in [0.4, 0.5) is 5.13 Å². The molecule has 1 aliphatic heterocycles. The van der Waals surface area contributed by atoms with Gasteiger partial charge in [0, 0.05) is 41.5 Å². The second-order valence-corrected chi connectivity index (χ2v) is 11.3. The summed E-state index contributed by atoms with van der Waals surface area (Å²) in [4.78, 5) is 18.7. The molecule has 1 amide bonds. The predicted molar refractivity (Wildman–Crippen MR) is 111 cm³/mol. The van der Waals surface area contributed by atoms with Gasteiger partial charge in [0.05, 0.1) is 10.9 Å². The third-order valence-corrected chi connectivity index (χ3v) is 8.47. The first kappa shape index (κ1) is 20.3. The molecule has 6 nitrogen and oxygen atoms in total. The summed E-state index contributed by atoms with van der Waals surface area (Å²) in [5.74, 6) is 0.623. The molecule has 0 bridgehead atoms. The van der Waals surface area contributed by atoms with E-state index < -0.39 is 15.3 Å². The molecule has 2 aromatic rings. The number of carbonyl (C=O) groups is 1. The maximum Gasteiger partial charge on any atom is 0.226 e. The van der Waals surface area contributed by atoms with Crippen molar-refractivity contribution in [2.24, 2.45) is 0 Å². The summed E-state index contributed by atoms with van der Waals surface area (Å²) in [5, 5.41) is 2.97. The van der Waals surface area contributed by atoms with Crippen molar-refractivity contribution < 1.29 is 13.2 Å². The molecule has 9 heteroatoms. The topological polar surface area (TPSA) is 79.4 Å². The Labute approximate surface area is 168 Å². The second-order valence-electron chi connectivity index (χ2n) is 6.53. The number of nitrogens with one attached hydrogen (secondary N) is 1. The van der Waals surface area contributed by atoms with Crippen molar-refractivity contribution in [1.29, 1.82) is 0 Å². The number of nitrogens with zero attached hydrogens (tertiary/aromatic N) is 2. The molecule has 0 spiro atoms. The number of anilines is 1. The van der Waals surface area contributed by atoms with Gasteiger partial charge >= 0.3 is 0 Å². The molecule has 0 aliphatic carbocycles. The number of fused-ring (bicyclic) bond motifs is 1. The largest absolute Gasteiger partial charge is 0.302 e. The second kappa shape index (κ2) is 8.72. The fourth-order valence-corrected chi connectivity index (χ4v) is 5.95. The molecule has 3 rings (SSSR count). The number of carbonyl (C=O) groups excluding carboxylic acids is 1. The number of sulfonamides is 1. The van der Waals surface area contributed by atoms with Crippen molar-refractivity contribution in [2.75, 3.05) is 17.6 Å². The van der Waals surface area contributed by atoms with Gasteiger partial charge in [0.25, 0.3) is 0 Å². The van der Waals surface area contributed by atoms with E-state index >= 15 is 0 Å². The zero-order valence-electron chi connectivity index (χ0n) is 15.3. The summed E-state index contributed by atoms with van der Waals surface area (Å²) in [7, 11) is -3.27. The molecule has 146 valence electrons. The first-order valence-corrected chi connectivity index (χ1v) is 12.1. The SMILES string of the molecule is CC(C)S(=O)(=O)N1CCc2nc(NC(=O)CCSc3ccccc3)sc2C1. The lowest BCUT2D eigenvalue weighted by Gasteiger charge is -2.26. The van der Waals surface area contributed by atoms with Gasteiger partial charge in [0.1, 0.15) is 0 Å². The maximum atomic E-state index is 12.4. The number of thioether (sulfide) groups is 1. The molecule has 0 fully saturated rings. The van der Waals surface area contributed by atoms with Gasteiger partial charge in [0.2, 0.25) is 15.9 Å². The number of thiazole rings is 1. The first-order chi connectivity index (χ1) is 12.9. The van der Waals surface area contributed by atoms with E-state index in [0.29, 0.717) is 36.8 Å². The van der Waals surface area contributed by atoms with Crippen molar-refractivity contribution >= 4 is 44.2 Å². The minimum atomic E-state index is -3.27. The normalized spacial score (nSPS) is 14.9. The van der Waals surface area contributed by atoms with E-state index in [9.17, 15) is 13.2 Å². The smallest absolute Gasteiger partial charge is 0.226 e. The zero-order chi connectivity index (χ0) is 19.4. The van der Waals surface area contributed by atoms with Crippen LogP contribution < -0.4 is 5.32 Å². The van der Waals surface area contributed by atoms with Crippen LogP contribution in [0.5, 0.6) is 0 Å².